The van der Waals surface area contributed by atoms with Gasteiger partial charge in [0.15, 0.2) is 5.76 Å². The van der Waals surface area contributed by atoms with Gasteiger partial charge in [0.05, 0.1) is 11.4 Å². The zero-order chi connectivity index (χ0) is 21.3. The summed E-state index contributed by atoms with van der Waals surface area (Å²) in [4.78, 5) is 15.3. The zero-order valence-corrected chi connectivity index (χ0v) is 18.2. The van der Waals surface area contributed by atoms with Crippen LogP contribution in [0.25, 0.3) is 0 Å². The molecule has 1 aromatic heterocycles. The minimum atomic E-state index is -3.67. The zero-order valence-electron chi connectivity index (χ0n) is 17.4. The van der Waals surface area contributed by atoms with Crippen molar-refractivity contribution in [3.63, 3.8) is 0 Å². The number of sulfonamides is 1. The summed E-state index contributed by atoms with van der Waals surface area (Å²) in [6.45, 7) is 5.85. The molecular formula is C21H28N4O4S. The Morgan fingerprint density at radius 3 is 2.40 bits per heavy atom. The highest BCUT2D eigenvalue weighted by molar-refractivity contribution is 7.89. The lowest BCUT2D eigenvalue weighted by Gasteiger charge is -2.31. The molecule has 2 aliphatic heterocycles. The topological polar surface area (TPSA) is 95.8 Å². The summed E-state index contributed by atoms with van der Waals surface area (Å²) in [7, 11) is -3.67. The Labute approximate surface area is 177 Å². The first-order valence-electron chi connectivity index (χ1n) is 10.5. The van der Waals surface area contributed by atoms with Crippen LogP contribution in [0.15, 0.2) is 33.7 Å². The molecule has 0 radical (unpaired) electrons. The summed E-state index contributed by atoms with van der Waals surface area (Å²) in [6, 6.07) is 7.89. The predicted octanol–water partition coefficient (Wildman–Crippen LogP) is 2.93. The summed E-state index contributed by atoms with van der Waals surface area (Å²) in [5.41, 5.74) is 2.25. The first-order chi connectivity index (χ1) is 14.4. The molecule has 0 spiro atoms. The third kappa shape index (κ3) is 3.96. The summed E-state index contributed by atoms with van der Waals surface area (Å²) in [6.07, 6.45) is 3.31. The van der Waals surface area contributed by atoms with E-state index in [1.54, 1.807) is 13.8 Å². The molecule has 8 nitrogen and oxygen atoms in total. The van der Waals surface area contributed by atoms with E-state index in [9.17, 15) is 13.2 Å². The third-order valence-corrected chi connectivity index (χ3v) is 8.14. The Bertz CT molecular complexity index is 1000. The van der Waals surface area contributed by atoms with Gasteiger partial charge in [-0.05, 0) is 51.7 Å². The summed E-state index contributed by atoms with van der Waals surface area (Å²) >= 11 is 0. The number of carbonyl (C=O) groups is 1. The van der Waals surface area contributed by atoms with Gasteiger partial charge in [-0.2, -0.15) is 4.31 Å². The highest BCUT2D eigenvalue weighted by Gasteiger charge is 2.35. The molecule has 0 bridgehead atoms. The normalized spacial score (nSPS) is 18.7. The number of benzene rings is 1. The van der Waals surface area contributed by atoms with Crippen molar-refractivity contribution in [3.8, 4) is 0 Å². The van der Waals surface area contributed by atoms with Gasteiger partial charge in [-0.3, -0.25) is 4.79 Å². The maximum absolute atomic E-state index is 13.0. The second-order valence-electron chi connectivity index (χ2n) is 8.03. The smallest absolute Gasteiger partial charge is 0.248 e. The molecule has 30 heavy (non-hydrogen) atoms. The van der Waals surface area contributed by atoms with E-state index in [4.69, 9.17) is 4.52 Å². The third-order valence-electron chi connectivity index (χ3n) is 6.00. The molecular weight excluding hydrogens is 404 g/mol. The number of aromatic nitrogens is 1. The molecule has 2 fully saturated rings. The molecule has 9 heteroatoms. The van der Waals surface area contributed by atoms with Crippen LogP contribution in [-0.2, 0) is 14.8 Å². The van der Waals surface area contributed by atoms with Crippen molar-refractivity contribution in [1.82, 2.24) is 9.46 Å². The fourth-order valence-corrected chi connectivity index (χ4v) is 6.14. The van der Waals surface area contributed by atoms with Gasteiger partial charge in [0.2, 0.25) is 15.9 Å². The Hall–Kier alpha value is -2.39. The fraction of sp³-hybridized carbons (Fsp3) is 0.524. The first-order valence-corrected chi connectivity index (χ1v) is 11.9. The molecule has 0 atom stereocenters. The van der Waals surface area contributed by atoms with Gasteiger partial charge in [0, 0.05) is 32.1 Å². The lowest BCUT2D eigenvalue weighted by atomic mass is 9.97. The van der Waals surface area contributed by atoms with Crippen molar-refractivity contribution in [1.29, 1.82) is 0 Å². The number of piperidine rings is 1. The van der Waals surface area contributed by atoms with Crippen LogP contribution in [-0.4, -0.2) is 50.0 Å². The van der Waals surface area contributed by atoms with E-state index < -0.39 is 10.0 Å². The summed E-state index contributed by atoms with van der Waals surface area (Å²) < 4.78 is 32.4. The van der Waals surface area contributed by atoms with E-state index in [0.717, 1.165) is 24.5 Å². The van der Waals surface area contributed by atoms with E-state index in [1.807, 2.05) is 24.3 Å². The number of rotatable bonds is 5. The van der Waals surface area contributed by atoms with E-state index in [0.29, 0.717) is 37.4 Å². The number of hydrogen-bond donors (Lipinski definition) is 1. The average Bonchev–Trinajstić information content (AvgIpc) is 3.38. The molecule has 2 aliphatic rings. The quantitative estimate of drug-likeness (QED) is 0.780. The fourth-order valence-electron chi connectivity index (χ4n) is 4.38. The standard InChI is InChI=1S/C21H28N4O4S/c1-15-20(16(2)29-23-15)30(27,28)25-13-9-17(10-14-25)21(26)22-18-7-3-4-8-19(18)24-11-5-6-12-24/h3-4,7-8,17H,5-6,9-14H2,1-2H3,(H,22,26). The number of aryl methyl sites for hydroxylation is 2. The Morgan fingerprint density at radius 2 is 1.77 bits per heavy atom. The maximum atomic E-state index is 13.0. The minimum Gasteiger partial charge on any atom is -0.370 e. The van der Waals surface area contributed by atoms with Crippen molar-refractivity contribution >= 4 is 27.3 Å². The molecule has 3 heterocycles. The molecule has 1 N–H and O–H groups in total. The number of anilines is 2. The number of para-hydroxylation sites is 2. The minimum absolute atomic E-state index is 0.0453. The molecule has 2 saturated heterocycles. The van der Waals surface area contributed by atoms with Crippen LogP contribution in [0.2, 0.25) is 0 Å². The van der Waals surface area contributed by atoms with Crippen molar-refractivity contribution in [2.45, 2.75) is 44.4 Å². The second-order valence-corrected chi connectivity index (χ2v) is 9.91. The lowest BCUT2D eigenvalue weighted by Crippen LogP contribution is -2.41. The molecule has 4 rings (SSSR count). The molecule has 1 amide bonds. The molecule has 162 valence electrons. The number of hydrogen-bond acceptors (Lipinski definition) is 6. The van der Waals surface area contributed by atoms with Gasteiger partial charge in [-0.1, -0.05) is 17.3 Å². The van der Waals surface area contributed by atoms with Crippen molar-refractivity contribution in [3.05, 3.63) is 35.7 Å². The van der Waals surface area contributed by atoms with Gasteiger partial charge < -0.3 is 14.7 Å². The van der Waals surface area contributed by atoms with Crippen molar-refractivity contribution < 1.29 is 17.7 Å². The molecule has 0 aliphatic carbocycles. The van der Waals surface area contributed by atoms with Crippen molar-refractivity contribution in [2.75, 3.05) is 36.4 Å². The number of nitrogens with one attached hydrogen (secondary N) is 1. The molecule has 2 aromatic rings. The number of nitrogens with zero attached hydrogens (tertiary/aromatic N) is 3. The van der Waals surface area contributed by atoms with E-state index in [2.05, 4.69) is 15.4 Å². The largest absolute Gasteiger partial charge is 0.370 e. The lowest BCUT2D eigenvalue weighted by molar-refractivity contribution is -0.120. The van der Waals surface area contributed by atoms with Crippen LogP contribution in [0.5, 0.6) is 0 Å². The molecule has 1 aromatic carbocycles. The van der Waals surface area contributed by atoms with Crippen LogP contribution in [0.4, 0.5) is 11.4 Å². The Morgan fingerprint density at radius 1 is 1.10 bits per heavy atom. The average molecular weight is 433 g/mol. The van der Waals surface area contributed by atoms with Crippen LogP contribution < -0.4 is 10.2 Å². The summed E-state index contributed by atoms with van der Waals surface area (Å²) in [5.74, 6) is 0.0367. The molecule has 0 unspecified atom stereocenters. The summed E-state index contributed by atoms with van der Waals surface area (Å²) in [5, 5.41) is 6.84. The van der Waals surface area contributed by atoms with E-state index in [-0.39, 0.29) is 16.7 Å². The Balaban J connectivity index is 1.41. The Kier molecular flexibility index (Phi) is 5.84. The van der Waals surface area contributed by atoms with Crippen LogP contribution >= 0.6 is 0 Å². The highest BCUT2D eigenvalue weighted by atomic mass is 32.2. The van der Waals surface area contributed by atoms with E-state index in [1.165, 1.54) is 17.1 Å². The van der Waals surface area contributed by atoms with Crippen LogP contribution in [0.1, 0.15) is 37.1 Å². The van der Waals surface area contributed by atoms with Crippen molar-refractivity contribution in [2.24, 2.45) is 5.92 Å². The maximum Gasteiger partial charge on any atom is 0.248 e. The molecule has 0 saturated carbocycles. The predicted molar refractivity (Wildman–Crippen MR) is 114 cm³/mol. The number of amides is 1. The SMILES string of the molecule is Cc1noc(C)c1S(=O)(=O)N1CCC(C(=O)Nc2ccccc2N2CCCC2)CC1. The van der Waals surface area contributed by atoms with Gasteiger partial charge in [-0.15, -0.1) is 0 Å². The van der Waals surface area contributed by atoms with Gasteiger partial charge in [-0.25, -0.2) is 8.42 Å². The highest BCUT2D eigenvalue weighted by Crippen LogP contribution is 2.31. The monoisotopic (exact) mass is 432 g/mol. The van der Waals surface area contributed by atoms with E-state index >= 15 is 0 Å². The van der Waals surface area contributed by atoms with Gasteiger partial charge >= 0.3 is 0 Å². The first kappa shape index (κ1) is 20.9. The second kappa shape index (κ2) is 8.39. The van der Waals surface area contributed by atoms with Crippen LogP contribution in [0.3, 0.4) is 0 Å². The van der Waals surface area contributed by atoms with Gasteiger partial charge in [0.25, 0.3) is 0 Å². The van der Waals surface area contributed by atoms with Crippen LogP contribution in [0, 0.1) is 19.8 Å². The van der Waals surface area contributed by atoms with Gasteiger partial charge in [0.1, 0.15) is 10.6 Å². The number of carbonyl (C=O) groups excluding carboxylic acids is 1.